The van der Waals surface area contributed by atoms with Crippen molar-refractivity contribution in [1.29, 1.82) is 0 Å². The molecule has 0 aliphatic rings. The number of esters is 1. The zero-order chi connectivity index (χ0) is 11.4. The number of ether oxygens (including phenoxy) is 1. The Bertz CT molecular complexity index is 377. The van der Waals surface area contributed by atoms with Gasteiger partial charge < -0.3 is 10.5 Å². The first-order valence-corrected chi connectivity index (χ1v) is 5.54. The SMILES string of the molecule is CCOC(=O)Cc1c(N)ccc(Br)c1C. The second-order valence-electron chi connectivity index (χ2n) is 3.22. The molecule has 0 aromatic heterocycles. The first-order valence-electron chi connectivity index (χ1n) is 4.75. The number of carbonyl (C=O) groups excluding carboxylic acids is 1. The largest absolute Gasteiger partial charge is 0.466 e. The van der Waals surface area contributed by atoms with Crippen molar-refractivity contribution in [2.75, 3.05) is 12.3 Å². The molecule has 0 bridgehead atoms. The second kappa shape index (κ2) is 5.16. The van der Waals surface area contributed by atoms with Gasteiger partial charge in [0, 0.05) is 10.2 Å². The maximum atomic E-state index is 11.3. The lowest BCUT2D eigenvalue weighted by molar-refractivity contribution is -0.142. The average molecular weight is 272 g/mol. The Hall–Kier alpha value is -1.03. The van der Waals surface area contributed by atoms with Crippen LogP contribution in [0.1, 0.15) is 18.1 Å². The summed E-state index contributed by atoms with van der Waals surface area (Å²) in [6.07, 6.45) is 0.227. The molecule has 0 fully saturated rings. The number of hydrogen-bond donors (Lipinski definition) is 1. The third-order valence-electron chi connectivity index (χ3n) is 2.20. The van der Waals surface area contributed by atoms with Gasteiger partial charge in [-0.15, -0.1) is 0 Å². The standard InChI is InChI=1S/C11H14BrNO2/c1-3-15-11(14)6-8-7(2)9(12)4-5-10(8)13/h4-5H,3,6,13H2,1-2H3. The van der Waals surface area contributed by atoms with E-state index < -0.39 is 0 Å². The first kappa shape index (κ1) is 12.0. The van der Waals surface area contributed by atoms with Crippen LogP contribution in [0.5, 0.6) is 0 Å². The number of carbonyl (C=O) groups is 1. The Morgan fingerprint density at radius 3 is 2.80 bits per heavy atom. The van der Waals surface area contributed by atoms with Crippen molar-refractivity contribution in [3.05, 3.63) is 27.7 Å². The molecule has 0 atom stereocenters. The van der Waals surface area contributed by atoms with E-state index in [0.29, 0.717) is 12.3 Å². The van der Waals surface area contributed by atoms with Crippen LogP contribution in [0.3, 0.4) is 0 Å². The fourth-order valence-corrected chi connectivity index (χ4v) is 1.71. The summed E-state index contributed by atoms with van der Waals surface area (Å²) in [5.74, 6) is -0.245. The highest BCUT2D eigenvalue weighted by atomic mass is 79.9. The third kappa shape index (κ3) is 2.96. The number of halogens is 1. The lowest BCUT2D eigenvalue weighted by Gasteiger charge is -2.10. The molecule has 0 saturated carbocycles. The predicted molar refractivity (Wildman–Crippen MR) is 63.6 cm³/mol. The van der Waals surface area contributed by atoms with E-state index in [1.165, 1.54) is 0 Å². The lowest BCUT2D eigenvalue weighted by Crippen LogP contribution is -2.10. The summed E-state index contributed by atoms with van der Waals surface area (Å²) in [7, 11) is 0. The summed E-state index contributed by atoms with van der Waals surface area (Å²) in [5, 5.41) is 0. The van der Waals surface area contributed by atoms with E-state index in [2.05, 4.69) is 15.9 Å². The Morgan fingerprint density at radius 1 is 1.53 bits per heavy atom. The molecule has 1 aromatic carbocycles. The van der Waals surface area contributed by atoms with Gasteiger partial charge in [-0.3, -0.25) is 4.79 Å². The van der Waals surface area contributed by atoms with Crippen molar-refractivity contribution in [3.8, 4) is 0 Å². The van der Waals surface area contributed by atoms with E-state index in [-0.39, 0.29) is 12.4 Å². The van der Waals surface area contributed by atoms with Gasteiger partial charge in [0.1, 0.15) is 0 Å². The molecule has 15 heavy (non-hydrogen) atoms. The molecule has 3 nitrogen and oxygen atoms in total. The first-order chi connectivity index (χ1) is 7.06. The third-order valence-corrected chi connectivity index (χ3v) is 3.05. The highest BCUT2D eigenvalue weighted by Crippen LogP contribution is 2.25. The van der Waals surface area contributed by atoms with Gasteiger partial charge in [-0.2, -0.15) is 0 Å². The summed E-state index contributed by atoms with van der Waals surface area (Å²) in [6, 6.07) is 3.66. The van der Waals surface area contributed by atoms with Gasteiger partial charge in [-0.25, -0.2) is 0 Å². The fourth-order valence-electron chi connectivity index (χ4n) is 1.34. The molecule has 1 aromatic rings. The minimum atomic E-state index is -0.245. The minimum absolute atomic E-state index is 0.227. The highest BCUT2D eigenvalue weighted by Gasteiger charge is 2.11. The maximum Gasteiger partial charge on any atom is 0.310 e. The molecule has 1 rings (SSSR count). The number of benzene rings is 1. The van der Waals surface area contributed by atoms with E-state index in [1.54, 1.807) is 13.0 Å². The summed E-state index contributed by atoms with van der Waals surface area (Å²) in [4.78, 5) is 11.3. The molecule has 0 unspecified atom stereocenters. The number of nitrogen functional groups attached to an aromatic ring is 1. The van der Waals surface area contributed by atoms with Crippen LogP contribution in [0.15, 0.2) is 16.6 Å². The van der Waals surface area contributed by atoms with Crippen molar-refractivity contribution in [2.45, 2.75) is 20.3 Å². The van der Waals surface area contributed by atoms with Gasteiger partial charge in [-0.05, 0) is 37.1 Å². The molecule has 0 heterocycles. The Kier molecular flexibility index (Phi) is 4.15. The van der Waals surface area contributed by atoms with Crippen LogP contribution < -0.4 is 5.73 Å². The topological polar surface area (TPSA) is 52.3 Å². The van der Waals surface area contributed by atoms with Crippen LogP contribution in [0, 0.1) is 6.92 Å². The lowest BCUT2D eigenvalue weighted by atomic mass is 10.0. The molecule has 82 valence electrons. The number of nitrogens with two attached hydrogens (primary N) is 1. The van der Waals surface area contributed by atoms with Crippen molar-refractivity contribution >= 4 is 27.6 Å². The van der Waals surface area contributed by atoms with Gasteiger partial charge in [-0.1, -0.05) is 15.9 Å². The Labute approximate surface area is 97.7 Å². The van der Waals surface area contributed by atoms with Crippen molar-refractivity contribution in [1.82, 2.24) is 0 Å². The zero-order valence-electron chi connectivity index (χ0n) is 8.84. The van der Waals surface area contributed by atoms with Gasteiger partial charge in [0.2, 0.25) is 0 Å². The van der Waals surface area contributed by atoms with Gasteiger partial charge in [0.15, 0.2) is 0 Å². The molecule has 0 spiro atoms. The van der Waals surface area contributed by atoms with Crippen LogP contribution in [0.25, 0.3) is 0 Å². The normalized spacial score (nSPS) is 10.1. The van der Waals surface area contributed by atoms with Crippen molar-refractivity contribution in [2.24, 2.45) is 0 Å². The molecule has 2 N–H and O–H groups in total. The van der Waals surface area contributed by atoms with Crippen LogP contribution in [-0.4, -0.2) is 12.6 Å². The van der Waals surface area contributed by atoms with Gasteiger partial charge in [0.05, 0.1) is 13.0 Å². The highest BCUT2D eigenvalue weighted by molar-refractivity contribution is 9.10. The fraction of sp³-hybridized carbons (Fsp3) is 0.364. The summed E-state index contributed by atoms with van der Waals surface area (Å²) in [6.45, 7) is 4.11. The van der Waals surface area contributed by atoms with Gasteiger partial charge in [0.25, 0.3) is 0 Å². The summed E-state index contributed by atoms with van der Waals surface area (Å²) < 4.78 is 5.84. The monoisotopic (exact) mass is 271 g/mol. The number of anilines is 1. The molecule has 0 aliphatic carbocycles. The summed E-state index contributed by atoms with van der Waals surface area (Å²) >= 11 is 3.40. The molecule has 0 saturated heterocycles. The van der Waals surface area contributed by atoms with E-state index >= 15 is 0 Å². The predicted octanol–water partition coefficient (Wildman–Crippen LogP) is 2.45. The van der Waals surface area contributed by atoms with Crippen LogP contribution in [-0.2, 0) is 16.0 Å². The Balaban J connectivity index is 2.93. The van der Waals surface area contributed by atoms with E-state index in [9.17, 15) is 4.79 Å². The molecule has 0 radical (unpaired) electrons. The molecule has 4 heteroatoms. The smallest absolute Gasteiger partial charge is 0.310 e. The average Bonchev–Trinajstić information content (AvgIpc) is 2.19. The number of hydrogen-bond acceptors (Lipinski definition) is 3. The Morgan fingerprint density at radius 2 is 2.20 bits per heavy atom. The van der Waals surface area contributed by atoms with Crippen LogP contribution in [0.4, 0.5) is 5.69 Å². The van der Waals surface area contributed by atoms with Gasteiger partial charge >= 0.3 is 5.97 Å². The maximum absolute atomic E-state index is 11.3. The van der Waals surface area contributed by atoms with Crippen molar-refractivity contribution in [3.63, 3.8) is 0 Å². The minimum Gasteiger partial charge on any atom is -0.466 e. The molecular formula is C11H14BrNO2. The molecular weight excluding hydrogens is 258 g/mol. The quantitative estimate of drug-likeness (QED) is 0.679. The molecule has 0 aliphatic heterocycles. The molecule has 0 amide bonds. The van der Waals surface area contributed by atoms with Crippen LogP contribution in [0.2, 0.25) is 0 Å². The van der Waals surface area contributed by atoms with E-state index in [4.69, 9.17) is 10.5 Å². The van der Waals surface area contributed by atoms with E-state index in [0.717, 1.165) is 15.6 Å². The van der Waals surface area contributed by atoms with E-state index in [1.807, 2.05) is 13.0 Å². The summed E-state index contributed by atoms with van der Waals surface area (Å²) in [5.41, 5.74) is 8.26. The van der Waals surface area contributed by atoms with Crippen molar-refractivity contribution < 1.29 is 9.53 Å². The van der Waals surface area contributed by atoms with Crippen LogP contribution >= 0.6 is 15.9 Å². The zero-order valence-corrected chi connectivity index (χ0v) is 10.4. The second-order valence-corrected chi connectivity index (χ2v) is 4.08. The number of rotatable bonds is 3.